The Morgan fingerprint density at radius 2 is 2.22 bits per heavy atom. The Labute approximate surface area is 105 Å². The summed E-state index contributed by atoms with van der Waals surface area (Å²) in [4.78, 5) is 0. The SMILES string of the molecule is CNCc1cccc2ccn(Cc3ccno3)c12. The minimum Gasteiger partial charge on any atom is -0.359 e. The second-order valence-electron chi connectivity index (χ2n) is 4.31. The third kappa shape index (κ3) is 1.91. The first kappa shape index (κ1) is 11.0. The average molecular weight is 241 g/mol. The predicted octanol–water partition coefficient (Wildman–Crippen LogP) is 2.40. The van der Waals surface area contributed by atoms with Crippen molar-refractivity contribution in [1.82, 2.24) is 15.0 Å². The zero-order chi connectivity index (χ0) is 12.4. The molecule has 1 aromatic carbocycles. The fraction of sp³-hybridized carbons (Fsp3) is 0.214. The van der Waals surface area contributed by atoms with Crippen LogP contribution in [0.2, 0.25) is 0 Å². The van der Waals surface area contributed by atoms with Gasteiger partial charge in [-0.1, -0.05) is 23.4 Å². The van der Waals surface area contributed by atoms with Crippen LogP contribution in [0.5, 0.6) is 0 Å². The summed E-state index contributed by atoms with van der Waals surface area (Å²) in [6.45, 7) is 1.57. The number of nitrogens with zero attached hydrogens (tertiary/aromatic N) is 2. The molecule has 0 spiro atoms. The Hall–Kier alpha value is -2.07. The summed E-state index contributed by atoms with van der Waals surface area (Å²) < 4.78 is 7.37. The maximum atomic E-state index is 5.17. The molecule has 92 valence electrons. The van der Waals surface area contributed by atoms with Crippen LogP contribution < -0.4 is 5.32 Å². The molecule has 2 aromatic heterocycles. The van der Waals surface area contributed by atoms with Gasteiger partial charge in [0, 0.05) is 18.8 Å². The maximum absolute atomic E-state index is 5.17. The Bertz CT molecular complexity index is 640. The third-order valence-corrected chi connectivity index (χ3v) is 3.06. The Kier molecular flexibility index (Phi) is 2.86. The Morgan fingerprint density at radius 1 is 1.28 bits per heavy atom. The highest BCUT2D eigenvalue weighted by molar-refractivity contribution is 5.83. The third-order valence-electron chi connectivity index (χ3n) is 3.06. The molecular weight excluding hydrogens is 226 g/mol. The topological polar surface area (TPSA) is 43.0 Å². The number of aromatic nitrogens is 2. The van der Waals surface area contributed by atoms with E-state index >= 15 is 0 Å². The molecule has 0 atom stereocenters. The summed E-state index contributed by atoms with van der Waals surface area (Å²) in [5, 5.41) is 8.20. The normalized spacial score (nSPS) is 11.2. The molecule has 2 heterocycles. The second kappa shape index (κ2) is 4.66. The van der Waals surface area contributed by atoms with Gasteiger partial charge in [-0.3, -0.25) is 0 Å². The van der Waals surface area contributed by atoms with E-state index in [1.165, 1.54) is 16.5 Å². The van der Waals surface area contributed by atoms with Gasteiger partial charge >= 0.3 is 0 Å². The molecule has 0 saturated heterocycles. The molecule has 0 fully saturated rings. The quantitative estimate of drug-likeness (QED) is 0.762. The Balaban J connectivity index is 2.06. The number of hydrogen-bond donors (Lipinski definition) is 1. The zero-order valence-corrected chi connectivity index (χ0v) is 10.3. The summed E-state index contributed by atoms with van der Waals surface area (Å²) in [6, 6.07) is 10.4. The van der Waals surface area contributed by atoms with E-state index in [4.69, 9.17) is 4.52 Å². The van der Waals surface area contributed by atoms with Crippen molar-refractivity contribution in [3.8, 4) is 0 Å². The molecule has 0 aliphatic carbocycles. The molecule has 3 rings (SSSR count). The van der Waals surface area contributed by atoms with Crippen molar-refractivity contribution in [2.75, 3.05) is 7.05 Å². The molecule has 0 saturated carbocycles. The number of fused-ring (bicyclic) bond motifs is 1. The van der Waals surface area contributed by atoms with E-state index in [1.54, 1.807) is 6.20 Å². The summed E-state index contributed by atoms with van der Waals surface area (Å²) in [5.41, 5.74) is 2.54. The number of hydrogen-bond acceptors (Lipinski definition) is 3. The number of nitrogens with one attached hydrogen (secondary N) is 1. The summed E-state index contributed by atoms with van der Waals surface area (Å²) >= 11 is 0. The minimum absolute atomic E-state index is 0.713. The van der Waals surface area contributed by atoms with Crippen molar-refractivity contribution >= 4 is 10.9 Å². The van der Waals surface area contributed by atoms with E-state index in [1.807, 2.05) is 13.1 Å². The molecule has 0 radical (unpaired) electrons. The van der Waals surface area contributed by atoms with Crippen LogP contribution in [-0.4, -0.2) is 16.8 Å². The van der Waals surface area contributed by atoms with Gasteiger partial charge in [-0.05, 0) is 24.1 Å². The van der Waals surface area contributed by atoms with Crippen molar-refractivity contribution in [1.29, 1.82) is 0 Å². The van der Waals surface area contributed by atoms with Gasteiger partial charge in [-0.25, -0.2) is 0 Å². The van der Waals surface area contributed by atoms with Crippen LogP contribution in [0.15, 0.2) is 47.2 Å². The lowest BCUT2D eigenvalue weighted by Crippen LogP contribution is -2.07. The number of para-hydroxylation sites is 1. The maximum Gasteiger partial charge on any atom is 0.156 e. The Morgan fingerprint density at radius 3 is 3.00 bits per heavy atom. The average Bonchev–Trinajstić information content (AvgIpc) is 3.01. The monoisotopic (exact) mass is 241 g/mol. The van der Waals surface area contributed by atoms with Gasteiger partial charge in [0.05, 0.1) is 18.3 Å². The van der Waals surface area contributed by atoms with Crippen LogP contribution in [0.3, 0.4) is 0 Å². The van der Waals surface area contributed by atoms with Crippen LogP contribution >= 0.6 is 0 Å². The first-order valence-corrected chi connectivity index (χ1v) is 5.99. The lowest BCUT2D eigenvalue weighted by Gasteiger charge is -2.08. The summed E-state index contributed by atoms with van der Waals surface area (Å²) in [7, 11) is 1.96. The van der Waals surface area contributed by atoms with Crippen LogP contribution in [0.4, 0.5) is 0 Å². The smallest absolute Gasteiger partial charge is 0.156 e. The molecule has 0 amide bonds. The lowest BCUT2D eigenvalue weighted by atomic mass is 10.1. The van der Waals surface area contributed by atoms with Crippen LogP contribution in [0, 0.1) is 0 Å². The van der Waals surface area contributed by atoms with Crippen molar-refractivity contribution < 1.29 is 4.52 Å². The molecule has 0 aliphatic rings. The van der Waals surface area contributed by atoms with Crippen LogP contribution in [0.25, 0.3) is 10.9 Å². The van der Waals surface area contributed by atoms with Gasteiger partial charge in [0.15, 0.2) is 5.76 Å². The summed E-state index contributed by atoms with van der Waals surface area (Å²) in [5.74, 6) is 0.867. The number of benzene rings is 1. The highest BCUT2D eigenvalue weighted by Crippen LogP contribution is 2.21. The van der Waals surface area contributed by atoms with E-state index in [0.717, 1.165) is 12.3 Å². The van der Waals surface area contributed by atoms with Crippen LogP contribution in [0.1, 0.15) is 11.3 Å². The fourth-order valence-electron chi connectivity index (χ4n) is 2.30. The second-order valence-corrected chi connectivity index (χ2v) is 4.31. The van der Waals surface area contributed by atoms with Gasteiger partial charge in [-0.15, -0.1) is 0 Å². The van der Waals surface area contributed by atoms with Crippen molar-refractivity contribution in [2.24, 2.45) is 0 Å². The van der Waals surface area contributed by atoms with Gasteiger partial charge in [0.1, 0.15) is 0 Å². The van der Waals surface area contributed by atoms with Crippen molar-refractivity contribution in [3.63, 3.8) is 0 Å². The molecule has 0 aliphatic heterocycles. The molecule has 18 heavy (non-hydrogen) atoms. The molecule has 4 heteroatoms. The van der Waals surface area contributed by atoms with E-state index in [9.17, 15) is 0 Å². The molecular formula is C14H15N3O. The minimum atomic E-state index is 0.713. The van der Waals surface area contributed by atoms with Crippen molar-refractivity contribution in [2.45, 2.75) is 13.1 Å². The van der Waals surface area contributed by atoms with Gasteiger partial charge in [0.25, 0.3) is 0 Å². The van der Waals surface area contributed by atoms with E-state index < -0.39 is 0 Å². The van der Waals surface area contributed by atoms with Crippen molar-refractivity contribution in [3.05, 3.63) is 54.0 Å². The van der Waals surface area contributed by atoms with E-state index in [2.05, 4.69) is 45.5 Å². The largest absolute Gasteiger partial charge is 0.359 e. The van der Waals surface area contributed by atoms with E-state index in [-0.39, 0.29) is 0 Å². The van der Waals surface area contributed by atoms with Gasteiger partial charge < -0.3 is 14.4 Å². The first-order valence-electron chi connectivity index (χ1n) is 5.99. The highest BCUT2D eigenvalue weighted by atomic mass is 16.5. The number of rotatable bonds is 4. The molecule has 0 bridgehead atoms. The molecule has 3 aromatic rings. The highest BCUT2D eigenvalue weighted by Gasteiger charge is 2.07. The molecule has 1 N–H and O–H groups in total. The molecule has 0 unspecified atom stereocenters. The van der Waals surface area contributed by atoms with E-state index in [0.29, 0.717) is 6.54 Å². The standard InChI is InChI=1S/C14H15N3O/c1-15-9-12-4-2-3-11-6-8-17(14(11)12)10-13-5-7-16-18-13/h2-8,15H,9-10H2,1H3. The fourth-order valence-corrected chi connectivity index (χ4v) is 2.30. The summed E-state index contributed by atoms with van der Waals surface area (Å²) in [6.07, 6.45) is 3.77. The van der Waals surface area contributed by atoms with Gasteiger partial charge in [-0.2, -0.15) is 0 Å². The van der Waals surface area contributed by atoms with Crippen LogP contribution in [-0.2, 0) is 13.1 Å². The predicted molar refractivity (Wildman–Crippen MR) is 70.3 cm³/mol. The zero-order valence-electron chi connectivity index (χ0n) is 10.3. The first-order chi connectivity index (χ1) is 8.88. The van der Waals surface area contributed by atoms with Gasteiger partial charge in [0.2, 0.25) is 0 Å². The lowest BCUT2D eigenvalue weighted by molar-refractivity contribution is 0.377. The molecule has 4 nitrogen and oxygen atoms in total.